The first-order valence-electron chi connectivity index (χ1n) is 21.1. The fourth-order valence-electron chi connectivity index (χ4n) is 10.0. The highest BCUT2D eigenvalue weighted by atomic mass is 14.9. The molecule has 286 valence electrons. The van der Waals surface area contributed by atoms with Crippen molar-refractivity contribution in [1.82, 2.24) is 9.97 Å². The molecule has 1 aliphatic carbocycles. The van der Waals surface area contributed by atoms with Crippen LogP contribution >= 0.6 is 0 Å². The fourth-order valence-corrected chi connectivity index (χ4v) is 10.0. The molecule has 0 spiro atoms. The molecule has 12 rings (SSSR count). The smallest absolute Gasteiger partial charge is 0.160 e. The van der Waals surface area contributed by atoms with E-state index < -0.39 is 0 Å². The van der Waals surface area contributed by atoms with Crippen molar-refractivity contribution in [1.29, 1.82) is 0 Å². The molecule has 10 aromatic carbocycles. The molecule has 0 atom stereocenters. The SMILES string of the molecule is CC1(C)c2cc(-c3ccc4c(-c5ccc6ccccc6c5)c5ccccc5c(-c5ccc6ccccc6c5)c4c3)ccc2-c2nc(-c3ccccc3)nc(-c3ccccc3)c21. The molecule has 0 bridgehead atoms. The highest BCUT2D eigenvalue weighted by Gasteiger charge is 2.40. The van der Waals surface area contributed by atoms with E-state index in [9.17, 15) is 0 Å². The predicted octanol–water partition coefficient (Wildman–Crippen LogP) is 15.7. The number of rotatable bonds is 5. The van der Waals surface area contributed by atoms with Gasteiger partial charge in [0.25, 0.3) is 0 Å². The van der Waals surface area contributed by atoms with Gasteiger partial charge < -0.3 is 0 Å². The molecule has 0 aliphatic heterocycles. The number of hydrogen-bond donors (Lipinski definition) is 0. The van der Waals surface area contributed by atoms with E-state index in [0.717, 1.165) is 28.3 Å². The van der Waals surface area contributed by atoms with Crippen molar-refractivity contribution in [3.05, 3.63) is 217 Å². The van der Waals surface area contributed by atoms with Crippen molar-refractivity contribution >= 4 is 43.1 Å². The second kappa shape index (κ2) is 13.7. The van der Waals surface area contributed by atoms with Gasteiger partial charge in [-0.2, -0.15) is 0 Å². The lowest BCUT2D eigenvalue weighted by atomic mass is 9.79. The lowest BCUT2D eigenvalue weighted by molar-refractivity contribution is 0.658. The molecule has 1 aromatic heterocycles. The monoisotopic (exact) mass is 776 g/mol. The molecule has 61 heavy (non-hydrogen) atoms. The van der Waals surface area contributed by atoms with Crippen LogP contribution in [0.3, 0.4) is 0 Å². The summed E-state index contributed by atoms with van der Waals surface area (Å²) in [7, 11) is 0. The van der Waals surface area contributed by atoms with Crippen LogP contribution in [0.25, 0.3) is 110 Å². The van der Waals surface area contributed by atoms with Crippen molar-refractivity contribution in [3.8, 4) is 67.3 Å². The topological polar surface area (TPSA) is 25.8 Å². The second-order valence-electron chi connectivity index (χ2n) is 16.9. The van der Waals surface area contributed by atoms with Crippen LogP contribution in [0.1, 0.15) is 25.0 Å². The maximum Gasteiger partial charge on any atom is 0.160 e. The Balaban J connectivity index is 1.09. The standard InChI is InChI=1S/C59H40N2/c1-59(2)52-36-44(30-32-50(52)57-55(59)56(39-17-5-3-6-18-39)60-58(61-57)40-19-7-4-8-20-40)43-29-31-49-51(35-43)54(46-28-26-38-16-10-12-22-42(38)34-46)48-24-14-13-23-47(48)53(49)45-27-25-37-15-9-11-21-41(37)33-45/h3-36H,1-2H3. The second-order valence-corrected chi connectivity index (χ2v) is 16.9. The van der Waals surface area contributed by atoms with Crippen LogP contribution < -0.4 is 0 Å². The zero-order valence-electron chi connectivity index (χ0n) is 34.0. The van der Waals surface area contributed by atoms with Gasteiger partial charge in [0, 0.05) is 27.7 Å². The molecule has 0 radical (unpaired) electrons. The van der Waals surface area contributed by atoms with Gasteiger partial charge in [-0.15, -0.1) is 0 Å². The summed E-state index contributed by atoms with van der Waals surface area (Å²) in [6.07, 6.45) is 0. The molecule has 0 amide bonds. The summed E-state index contributed by atoms with van der Waals surface area (Å²) in [4.78, 5) is 10.6. The lowest BCUT2D eigenvalue weighted by Gasteiger charge is -2.24. The molecule has 1 aliphatic rings. The molecular weight excluding hydrogens is 737 g/mol. The van der Waals surface area contributed by atoms with Crippen LogP contribution in [0.4, 0.5) is 0 Å². The largest absolute Gasteiger partial charge is 0.228 e. The van der Waals surface area contributed by atoms with Crippen molar-refractivity contribution in [2.24, 2.45) is 0 Å². The van der Waals surface area contributed by atoms with E-state index in [1.165, 1.54) is 93.2 Å². The Morgan fingerprint density at radius 3 is 1.44 bits per heavy atom. The van der Waals surface area contributed by atoms with Gasteiger partial charge in [0.05, 0.1) is 11.4 Å². The molecule has 0 N–H and O–H groups in total. The Kier molecular flexibility index (Phi) is 7.92. The van der Waals surface area contributed by atoms with Gasteiger partial charge in [0.1, 0.15) is 0 Å². The Morgan fingerprint density at radius 2 is 0.803 bits per heavy atom. The van der Waals surface area contributed by atoms with Crippen molar-refractivity contribution in [3.63, 3.8) is 0 Å². The number of fused-ring (bicyclic) bond motifs is 7. The minimum absolute atomic E-state index is 0.340. The highest BCUT2D eigenvalue weighted by molar-refractivity contribution is 6.22. The summed E-state index contributed by atoms with van der Waals surface area (Å²) in [5, 5.41) is 9.95. The van der Waals surface area contributed by atoms with Crippen molar-refractivity contribution in [2.75, 3.05) is 0 Å². The summed E-state index contributed by atoms with van der Waals surface area (Å²) in [6, 6.07) is 75.2. The molecule has 0 fully saturated rings. The average molecular weight is 777 g/mol. The Morgan fingerprint density at radius 1 is 0.328 bits per heavy atom. The van der Waals surface area contributed by atoms with Crippen LogP contribution in [0.2, 0.25) is 0 Å². The highest BCUT2D eigenvalue weighted by Crippen LogP contribution is 2.53. The predicted molar refractivity (Wildman–Crippen MR) is 257 cm³/mol. The first-order chi connectivity index (χ1) is 30.0. The zero-order chi connectivity index (χ0) is 40.7. The van der Waals surface area contributed by atoms with E-state index in [2.05, 4.69) is 214 Å². The van der Waals surface area contributed by atoms with Crippen LogP contribution in [0.15, 0.2) is 206 Å². The first kappa shape index (κ1) is 35.3. The summed E-state index contributed by atoms with van der Waals surface area (Å²) >= 11 is 0. The van der Waals surface area contributed by atoms with E-state index >= 15 is 0 Å². The molecule has 0 saturated carbocycles. The van der Waals surface area contributed by atoms with E-state index in [1.807, 2.05) is 6.07 Å². The average Bonchev–Trinajstić information content (AvgIpc) is 3.55. The molecule has 11 aromatic rings. The van der Waals surface area contributed by atoms with Gasteiger partial charge in [0.15, 0.2) is 5.82 Å². The third-order valence-corrected chi connectivity index (χ3v) is 13.0. The van der Waals surface area contributed by atoms with Gasteiger partial charge >= 0.3 is 0 Å². The number of benzene rings is 10. The maximum atomic E-state index is 5.33. The lowest BCUT2D eigenvalue weighted by Crippen LogP contribution is -2.17. The minimum Gasteiger partial charge on any atom is -0.228 e. The van der Waals surface area contributed by atoms with Crippen LogP contribution in [-0.4, -0.2) is 9.97 Å². The Hall–Kier alpha value is -7.68. The normalized spacial score (nSPS) is 12.9. The summed E-state index contributed by atoms with van der Waals surface area (Å²) < 4.78 is 0. The quantitative estimate of drug-likeness (QED) is 0.163. The molecular formula is C59H40N2. The van der Waals surface area contributed by atoms with Crippen LogP contribution in [0.5, 0.6) is 0 Å². The van der Waals surface area contributed by atoms with E-state index in [4.69, 9.17) is 9.97 Å². The summed E-state index contributed by atoms with van der Waals surface area (Å²) in [5.41, 5.74) is 14.7. The molecule has 2 nitrogen and oxygen atoms in total. The summed E-state index contributed by atoms with van der Waals surface area (Å²) in [5.74, 6) is 0.746. The van der Waals surface area contributed by atoms with E-state index in [-0.39, 0.29) is 5.41 Å². The van der Waals surface area contributed by atoms with Gasteiger partial charge in [0.2, 0.25) is 0 Å². The van der Waals surface area contributed by atoms with Gasteiger partial charge in [-0.25, -0.2) is 9.97 Å². The summed E-state index contributed by atoms with van der Waals surface area (Å²) in [6.45, 7) is 4.67. The fraction of sp³-hybridized carbons (Fsp3) is 0.0508. The van der Waals surface area contributed by atoms with Crippen LogP contribution in [-0.2, 0) is 5.41 Å². The van der Waals surface area contributed by atoms with Crippen molar-refractivity contribution < 1.29 is 0 Å². The maximum absolute atomic E-state index is 5.33. The third-order valence-electron chi connectivity index (χ3n) is 13.0. The molecule has 0 saturated heterocycles. The Labute approximate surface area is 355 Å². The molecule has 2 heteroatoms. The van der Waals surface area contributed by atoms with Gasteiger partial charge in [-0.3, -0.25) is 0 Å². The Bertz CT molecular complexity index is 3550. The molecule has 1 heterocycles. The number of nitrogens with zero attached hydrogens (tertiary/aromatic N) is 2. The van der Waals surface area contributed by atoms with E-state index in [1.54, 1.807) is 0 Å². The van der Waals surface area contributed by atoms with Gasteiger partial charge in [-0.1, -0.05) is 196 Å². The van der Waals surface area contributed by atoms with Gasteiger partial charge in [-0.05, 0) is 106 Å². The minimum atomic E-state index is -0.340. The van der Waals surface area contributed by atoms with Crippen LogP contribution in [0, 0.1) is 0 Å². The van der Waals surface area contributed by atoms with E-state index in [0.29, 0.717) is 0 Å². The zero-order valence-corrected chi connectivity index (χ0v) is 34.0. The van der Waals surface area contributed by atoms with Crippen molar-refractivity contribution in [2.45, 2.75) is 19.3 Å². The molecule has 0 unspecified atom stereocenters. The number of aromatic nitrogens is 2. The first-order valence-corrected chi connectivity index (χ1v) is 21.1. The third kappa shape index (κ3) is 5.64. The number of hydrogen-bond acceptors (Lipinski definition) is 2.